The minimum Gasteiger partial charge on any atom is -0.303 e. The Labute approximate surface area is 114 Å². The topological polar surface area (TPSA) is 3.24 Å². The molecule has 0 amide bonds. The molecule has 1 saturated heterocycles. The molecule has 1 aliphatic heterocycles. The van der Waals surface area contributed by atoms with Crippen LogP contribution in [0.5, 0.6) is 0 Å². The summed E-state index contributed by atoms with van der Waals surface area (Å²) in [5.74, 6) is 3.93. The number of hydrogen-bond acceptors (Lipinski definition) is 1. The Morgan fingerprint density at radius 2 is 1.50 bits per heavy atom. The van der Waals surface area contributed by atoms with E-state index in [-0.39, 0.29) is 0 Å². The summed E-state index contributed by atoms with van der Waals surface area (Å²) in [6, 6.07) is 0. The van der Waals surface area contributed by atoms with Gasteiger partial charge in [0.05, 0.1) is 0 Å². The van der Waals surface area contributed by atoms with E-state index in [4.69, 9.17) is 0 Å². The Hall–Kier alpha value is -0.0400. The van der Waals surface area contributed by atoms with Crippen LogP contribution < -0.4 is 0 Å². The van der Waals surface area contributed by atoms with Crippen LogP contribution in [0.15, 0.2) is 0 Å². The van der Waals surface area contributed by atoms with Crippen LogP contribution >= 0.6 is 0 Å². The van der Waals surface area contributed by atoms with Gasteiger partial charge in [0.2, 0.25) is 0 Å². The van der Waals surface area contributed by atoms with E-state index in [1.807, 2.05) is 0 Å². The Kier molecular flexibility index (Phi) is 5.54. The van der Waals surface area contributed by atoms with Crippen molar-refractivity contribution in [2.45, 2.75) is 65.7 Å². The smallest absolute Gasteiger partial charge is 0.000966 e. The SMILES string of the molecule is CC(C)CC1CCN(CC2CCC(C)CC2)CC1. The summed E-state index contributed by atoms with van der Waals surface area (Å²) in [6.07, 6.45) is 10.3. The molecule has 0 aromatic heterocycles. The molecular weight excluding hydrogens is 218 g/mol. The highest BCUT2D eigenvalue weighted by molar-refractivity contribution is 4.78. The van der Waals surface area contributed by atoms with Crippen LogP contribution in [0.4, 0.5) is 0 Å². The zero-order valence-corrected chi connectivity index (χ0v) is 12.8. The molecule has 2 fully saturated rings. The van der Waals surface area contributed by atoms with E-state index in [2.05, 4.69) is 25.7 Å². The molecule has 1 heteroatoms. The molecule has 106 valence electrons. The van der Waals surface area contributed by atoms with Gasteiger partial charge in [-0.2, -0.15) is 0 Å². The molecule has 0 spiro atoms. The lowest BCUT2D eigenvalue weighted by molar-refractivity contribution is 0.131. The highest BCUT2D eigenvalue weighted by Gasteiger charge is 2.24. The normalized spacial score (nSPS) is 32.0. The summed E-state index contributed by atoms with van der Waals surface area (Å²) in [4.78, 5) is 2.76. The van der Waals surface area contributed by atoms with Gasteiger partial charge in [-0.25, -0.2) is 0 Å². The molecule has 0 unspecified atom stereocenters. The van der Waals surface area contributed by atoms with Gasteiger partial charge in [0, 0.05) is 6.54 Å². The van der Waals surface area contributed by atoms with Gasteiger partial charge < -0.3 is 4.90 Å². The maximum Gasteiger partial charge on any atom is 0.000966 e. The second kappa shape index (κ2) is 6.93. The predicted octanol–water partition coefficient (Wildman–Crippen LogP) is 4.57. The van der Waals surface area contributed by atoms with Crippen molar-refractivity contribution in [2.24, 2.45) is 23.7 Å². The Bertz CT molecular complexity index is 220. The lowest BCUT2D eigenvalue weighted by Crippen LogP contribution is -2.38. The lowest BCUT2D eigenvalue weighted by Gasteiger charge is -2.36. The van der Waals surface area contributed by atoms with Crippen molar-refractivity contribution >= 4 is 0 Å². The molecule has 0 bridgehead atoms. The first-order valence-electron chi connectivity index (χ1n) is 8.35. The molecule has 18 heavy (non-hydrogen) atoms. The number of piperidine rings is 1. The third kappa shape index (κ3) is 4.57. The van der Waals surface area contributed by atoms with Gasteiger partial charge in [-0.05, 0) is 68.9 Å². The van der Waals surface area contributed by atoms with Crippen LogP contribution in [-0.2, 0) is 0 Å². The molecule has 1 heterocycles. The van der Waals surface area contributed by atoms with Gasteiger partial charge in [0.15, 0.2) is 0 Å². The number of nitrogens with zero attached hydrogens (tertiary/aromatic N) is 1. The van der Waals surface area contributed by atoms with Crippen molar-refractivity contribution in [1.82, 2.24) is 4.90 Å². The van der Waals surface area contributed by atoms with Crippen LogP contribution in [0.2, 0.25) is 0 Å². The fourth-order valence-corrected chi connectivity index (χ4v) is 3.95. The number of rotatable bonds is 4. The summed E-state index contributed by atoms with van der Waals surface area (Å²) in [7, 11) is 0. The molecule has 1 saturated carbocycles. The first kappa shape index (κ1) is 14.4. The molecule has 0 radical (unpaired) electrons. The van der Waals surface area contributed by atoms with Crippen molar-refractivity contribution in [3.63, 3.8) is 0 Å². The van der Waals surface area contributed by atoms with Crippen molar-refractivity contribution < 1.29 is 0 Å². The van der Waals surface area contributed by atoms with Crippen LogP contribution in [-0.4, -0.2) is 24.5 Å². The van der Waals surface area contributed by atoms with E-state index in [0.717, 1.165) is 23.7 Å². The van der Waals surface area contributed by atoms with Gasteiger partial charge in [-0.15, -0.1) is 0 Å². The molecule has 2 aliphatic rings. The number of hydrogen-bond donors (Lipinski definition) is 0. The quantitative estimate of drug-likeness (QED) is 0.707. The summed E-state index contributed by atoms with van der Waals surface area (Å²) < 4.78 is 0. The standard InChI is InChI=1S/C17H33N/c1-14(2)12-16-8-10-18(11-9-16)13-17-6-4-15(3)5-7-17/h14-17H,4-13H2,1-3H3. The van der Waals surface area contributed by atoms with Gasteiger partial charge in [-0.1, -0.05) is 33.6 Å². The molecule has 1 aliphatic carbocycles. The Morgan fingerprint density at radius 1 is 0.889 bits per heavy atom. The average molecular weight is 251 g/mol. The molecule has 2 rings (SSSR count). The molecule has 0 atom stereocenters. The fourth-order valence-electron chi connectivity index (χ4n) is 3.95. The summed E-state index contributed by atoms with van der Waals surface area (Å²) in [6.45, 7) is 11.3. The highest BCUT2D eigenvalue weighted by Crippen LogP contribution is 2.30. The van der Waals surface area contributed by atoms with Crippen LogP contribution in [0.25, 0.3) is 0 Å². The molecule has 0 N–H and O–H groups in total. The van der Waals surface area contributed by atoms with E-state index in [0.29, 0.717) is 0 Å². The van der Waals surface area contributed by atoms with Crippen LogP contribution in [0.3, 0.4) is 0 Å². The molecule has 0 aromatic carbocycles. The molecule has 1 nitrogen and oxygen atoms in total. The Morgan fingerprint density at radius 3 is 2.06 bits per heavy atom. The second-order valence-electron chi connectivity index (χ2n) is 7.50. The summed E-state index contributed by atoms with van der Waals surface area (Å²) in [5, 5.41) is 0. The Balaban J connectivity index is 1.64. The van der Waals surface area contributed by atoms with Gasteiger partial charge in [0.25, 0.3) is 0 Å². The average Bonchev–Trinajstić information content (AvgIpc) is 2.34. The van der Waals surface area contributed by atoms with E-state index in [1.54, 1.807) is 0 Å². The monoisotopic (exact) mass is 251 g/mol. The van der Waals surface area contributed by atoms with Gasteiger partial charge in [0.1, 0.15) is 0 Å². The van der Waals surface area contributed by atoms with Crippen molar-refractivity contribution in [3.05, 3.63) is 0 Å². The zero-order chi connectivity index (χ0) is 13.0. The zero-order valence-electron chi connectivity index (χ0n) is 12.8. The van der Waals surface area contributed by atoms with Crippen LogP contribution in [0, 0.1) is 23.7 Å². The van der Waals surface area contributed by atoms with E-state index >= 15 is 0 Å². The minimum atomic E-state index is 0.890. The first-order valence-corrected chi connectivity index (χ1v) is 8.35. The van der Waals surface area contributed by atoms with Gasteiger partial charge in [-0.3, -0.25) is 0 Å². The highest BCUT2D eigenvalue weighted by atomic mass is 15.1. The van der Waals surface area contributed by atoms with Crippen molar-refractivity contribution in [2.75, 3.05) is 19.6 Å². The van der Waals surface area contributed by atoms with E-state index in [9.17, 15) is 0 Å². The predicted molar refractivity (Wildman–Crippen MR) is 79.7 cm³/mol. The lowest BCUT2D eigenvalue weighted by atomic mass is 9.82. The van der Waals surface area contributed by atoms with E-state index in [1.165, 1.54) is 64.6 Å². The van der Waals surface area contributed by atoms with Crippen molar-refractivity contribution in [3.8, 4) is 0 Å². The third-order valence-corrected chi connectivity index (χ3v) is 5.16. The van der Waals surface area contributed by atoms with Crippen molar-refractivity contribution in [1.29, 1.82) is 0 Å². The van der Waals surface area contributed by atoms with Crippen LogP contribution in [0.1, 0.15) is 65.7 Å². The summed E-state index contributed by atoms with van der Waals surface area (Å²) in [5.41, 5.74) is 0. The largest absolute Gasteiger partial charge is 0.303 e. The third-order valence-electron chi connectivity index (χ3n) is 5.16. The first-order chi connectivity index (χ1) is 8.63. The number of likely N-dealkylation sites (tertiary alicyclic amines) is 1. The maximum atomic E-state index is 2.76. The molecule has 0 aromatic rings. The fraction of sp³-hybridized carbons (Fsp3) is 1.00. The molecular formula is C17H33N. The van der Waals surface area contributed by atoms with E-state index < -0.39 is 0 Å². The second-order valence-corrected chi connectivity index (χ2v) is 7.50. The van der Waals surface area contributed by atoms with Gasteiger partial charge >= 0.3 is 0 Å². The summed E-state index contributed by atoms with van der Waals surface area (Å²) >= 11 is 0. The minimum absolute atomic E-state index is 0.890. The maximum absolute atomic E-state index is 2.76.